The number of hydrogen-bond acceptors (Lipinski definition) is 7. The van der Waals surface area contributed by atoms with Gasteiger partial charge in [0.1, 0.15) is 6.54 Å². The van der Waals surface area contributed by atoms with E-state index in [0.29, 0.717) is 30.3 Å². The minimum atomic E-state index is -0.845. The molecule has 0 saturated heterocycles. The van der Waals surface area contributed by atoms with Gasteiger partial charge in [0.05, 0.1) is 24.3 Å². The molecular formula is C21H17NO7. The lowest BCUT2D eigenvalue weighted by molar-refractivity contribution is -0.142. The molecule has 0 saturated carbocycles. The lowest BCUT2D eigenvalue weighted by atomic mass is 10.1. The summed E-state index contributed by atoms with van der Waals surface area (Å²) in [4.78, 5) is 49.8. The fourth-order valence-electron chi connectivity index (χ4n) is 3.12. The summed E-state index contributed by atoms with van der Waals surface area (Å²) in [6.07, 6.45) is 0.743. The Bertz CT molecular complexity index is 979. The van der Waals surface area contributed by atoms with Crippen LogP contribution in [0.3, 0.4) is 0 Å². The van der Waals surface area contributed by atoms with Gasteiger partial charge in [-0.1, -0.05) is 12.1 Å². The number of Topliss-reactive ketones (excluding diaryl/α,β-unsaturated/α-hetero) is 1. The number of fused-ring (bicyclic) bond motifs is 2. The van der Waals surface area contributed by atoms with Crippen molar-refractivity contribution in [2.24, 2.45) is 0 Å². The third-order valence-electron chi connectivity index (χ3n) is 4.60. The van der Waals surface area contributed by atoms with E-state index in [9.17, 15) is 19.2 Å². The molecule has 0 aromatic heterocycles. The molecule has 2 aromatic carbocycles. The van der Waals surface area contributed by atoms with Crippen LogP contribution in [0.1, 0.15) is 37.5 Å². The number of esters is 1. The first kappa shape index (κ1) is 18.7. The Morgan fingerprint density at radius 3 is 2.28 bits per heavy atom. The highest BCUT2D eigenvalue weighted by Gasteiger charge is 2.36. The van der Waals surface area contributed by atoms with Crippen LogP contribution in [-0.2, 0) is 9.53 Å². The van der Waals surface area contributed by atoms with Crippen LogP contribution in [-0.4, -0.2) is 54.8 Å². The quantitative estimate of drug-likeness (QED) is 0.433. The molecule has 29 heavy (non-hydrogen) atoms. The van der Waals surface area contributed by atoms with Crippen LogP contribution in [0.4, 0.5) is 0 Å². The molecule has 2 amide bonds. The van der Waals surface area contributed by atoms with Gasteiger partial charge in [0.25, 0.3) is 11.8 Å². The maximum atomic E-state index is 12.3. The molecule has 0 bridgehead atoms. The second-order valence-corrected chi connectivity index (χ2v) is 6.54. The smallest absolute Gasteiger partial charge is 0.326 e. The van der Waals surface area contributed by atoms with Crippen molar-refractivity contribution in [1.82, 2.24) is 4.90 Å². The minimum Gasteiger partial charge on any atom is -0.490 e. The molecule has 2 heterocycles. The first-order valence-corrected chi connectivity index (χ1v) is 9.08. The number of carbonyl (C=O) groups excluding carboxylic acids is 4. The summed E-state index contributed by atoms with van der Waals surface area (Å²) in [6.45, 7) is -0.0436. The Morgan fingerprint density at radius 1 is 0.931 bits per heavy atom. The fourth-order valence-corrected chi connectivity index (χ4v) is 3.12. The third-order valence-corrected chi connectivity index (χ3v) is 4.60. The summed E-state index contributed by atoms with van der Waals surface area (Å²) in [5, 5.41) is 0. The third kappa shape index (κ3) is 3.69. The van der Waals surface area contributed by atoms with E-state index in [0.717, 1.165) is 11.3 Å². The van der Waals surface area contributed by atoms with Crippen molar-refractivity contribution in [1.29, 1.82) is 0 Å². The number of benzene rings is 2. The standard InChI is InChI=1S/C21H17NO7/c23-16(13-6-7-17-18(10-13)28-9-3-8-27-17)12-29-19(24)11-22-20(25)14-4-1-2-5-15(14)21(22)26/h1-2,4-7,10H,3,8-9,11-12H2. The second-order valence-electron chi connectivity index (χ2n) is 6.54. The molecule has 0 spiro atoms. The van der Waals surface area contributed by atoms with E-state index in [1.807, 2.05) is 0 Å². The van der Waals surface area contributed by atoms with E-state index in [1.54, 1.807) is 30.3 Å². The van der Waals surface area contributed by atoms with E-state index in [-0.39, 0.29) is 11.1 Å². The van der Waals surface area contributed by atoms with Crippen molar-refractivity contribution in [3.05, 3.63) is 59.2 Å². The molecule has 0 unspecified atom stereocenters. The highest BCUT2D eigenvalue weighted by atomic mass is 16.5. The molecule has 8 heteroatoms. The Balaban J connectivity index is 1.36. The molecule has 4 rings (SSSR count). The molecule has 2 aliphatic rings. The summed E-state index contributed by atoms with van der Waals surface area (Å²) in [7, 11) is 0. The Labute approximate surface area is 166 Å². The molecule has 0 radical (unpaired) electrons. The summed E-state index contributed by atoms with van der Waals surface area (Å²) >= 11 is 0. The van der Waals surface area contributed by atoms with Crippen molar-refractivity contribution in [3.8, 4) is 11.5 Å². The number of amides is 2. The Morgan fingerprint density at radius 2 is 1.59 bits per heavy atom. The summed E-state index contributed by atoms with van der Waals surface area (Å²) in [6, 6.07) is 11.1. The summed E-state index contributed by atoms with van der Waals surface area (Å²) in [5.74, 6) is -1.38. The van der Waals surface area contributed by atoms with Gasteiger partial charge in [0, 0.05) is 12.0 Å². The van der Waals surface area contributed by atoms with Gasteiger partial charge in [-0.05, 0) is 30.3 Å². The van der Waals surface area contributed by atoms with Gasteiger partial charge in [-0.2, -0.15) is 0 Å². The molecule has 2 aromatic rings. The second kappa shape index (κ2) is 7.75. The molecule has 0 fully saturated rings. The number of carbonyl (C=O) groups is 4. The number of imide groups is 1. The largest absolute Gasteiger partial charge is 0.490 e. The number of rotatable bonds is 5. The normalized spacial score (nSPS) is 15.0. The van der Waals surface area contributed by atoms with Crippen LogP contribution in [0.15, 0.2) is 42.5 Å². The molecular weight excluding hydrogens is 378 g/mol. The van der Waals surface area contributed by atoms with Crippen LogP contribution in [0.5, 0.6) is 11.5 Å². The van der Waals surface area contributed by atoms with Gasteiger partial charge in [-0.3, -0.25) is 24.1 Å². The van der Waals surface area contributed by atoms with Crippen LogP contribution >= 0.6 is 0 Å². The highest BCUT2D eigenvalue weighted by Crippen LogP contribution is 2.30. The predicted molar refractivity (Wildman–Crippen MR) is 99.1 cm³/mol. The first-order chi connectivity index (χ1) is 14.0. The first-order valence-electron chi connectivity index (χ1n) is 9.08. The van der Waals surface area contributed by atoms with Crippen molar-refractivity contribution in [2.75, 3.05) is 26.4 Å². The lowest BCUT2D eigenvalue weighted by Gasteiger charge is -2.13. The average molecular weight is 395 g/mol. The van der Waals surface area contributed by atoms with Crippen molar-refractivity contribution >= 4 is 23.6 Å². The zero-order chi connectivity index (χ0) is 20.4. The Kier molecular flexibility index (Phi) is 4.99. The highest BCUT2D eigenvalue weighted by molar-refractivity contribution is 6.22. The van der Waals surface area contributed by atoms with E-state index in [4.69, 9.17) is 14.2 Å². The molecule has 0 N–H and O–H groups in total. The molecule has 2 aliphatic heterocycles. The Hall–Kier alpha value is -3.68. The van der Waals surface area contributed by atoms with Crippen LogP contribution in [0, 0.1) is 0 Å². The minimum absolute atomic E-state index is 0.244. The van der Waals surface area contributed by atoms with Crippen LogP contribution in [0.2, 0.25) is 0 Å². The maximum Gasteiger partial charge on any atom is 0.326 e. The van der Waals surface area contributed by atoms with Gasteiger partial charge in [-0.25, -0.2) is 0 Å². The lowest BCUT2D eigenvalue weighted by Crippen LogP contribution is -2.36. The average Bonchev–Trinajstić information content (AvgIpc) is 2.90. The topological polar surface area (TPSA) is 99.2 Å². The van der Waals surface area contributed by atoms with Crippen molar-refractivity contribution in [2.45, 2.75) is 6.42 Å². The zero-order valence-corrected chi connectivity index (χ0v) is 15.4. The van der Waals surface area contributed by atoms with Crippen molar-refractivity contribution < 1.29 is 33.4 Å². The molecule has 8 nitrogen and oxygen atoms in total. The monoisotopic (exact) mass is 395 g/mol. The number of ketones is 1. The van der Waals surface area contributed by atoms with E-state index >= 15 is 0 Å². The van der Waals surface area contributed by atoms with E-state index < -0.39 is 36.7 Å². The van der Waals surface area contributed by atoms with Gasteiger partial charge in [-0.15, -0.1) is 0 Å². The van der Waals surface area contributed by atoms with Crippen LogP contribution < -0.4 is 9.47 Å². The van der Waals surface area contributed by atoms with Gasteiger partial charge in [0.15, 0.2) is 23.9 Å². The maximum absolute atomic E-state index is 12.3. The van der Waals surface area contributed by atoms with Crippen LogP contribution in [0.25, 0.3) is 0 Å². The molecule has 0 atom stereocenters. The number of ether oxygens (including phenoxy) is 3. The predicted octanol–water partition coefficient (Wildman–Crippen LogP) is 1.87. The number of hydrogen-bond donors (Lipinski definition) is 0. The number of nitrogens with zero attached hydrogens (tertiary/aromatic N) is 1. The van der Waals surface area contributed by atoms with Crippen molar-refractivity contribution in [3.63, 3.8) is 0 Å². The SMILES string of the molecule is O=C(CN1C(=O)c2ccccc2C1=O)OCC(=O)c1ccc2c(c1)OCCCO2. The van der Waals surface area contributed by atoms with Gasteiger partial charge < -0.3 is 14.2 Å². The fraction of sp³-hybridized carbons (Fsp3) is 0.238. The molecule has 0 aliphatic carbocycles. The van der Waals surface area contributed by atoms with E-state index in [2.05, 4.69) is 0 Å². The molecule has 148 valence electrons. The summed E-state index contributed by atoms with van der Waals surface area (Å²) < 4.78 is 16.0. The van der Waals surface area contributed by atoms with E-state index in [1.165, 1.54) is 12.1 Å². The van der Waals surface area contributed by atoms with Gasteiger partial charge in [0.2, 0.25) is 0 Å². The summed E-state index contributed by atoms with van der Waals surface area (Å²) in [5.41, 5.74) is 0.796. The van der Waals surface area contributed by atoms with Gasteiger partial charge >= 0.3 is 5.97 Å². The zero-order valence-electron chi connectivity index (χ0n) is 15.4.